The minimum atomic E-state index is -0.545. The van der Waals surface area contributed by atoms with Crippen molar-refractivity contribution in [1.82, 2.24) is 4.90 Å². The second-order valence-electron chi connectivity index (χ2n) is 6.74. The summed E-state index contributed by atoms with van der Waals surface area (Å²) in [6.07, 6.45) is 2.81. The predicted octanol–water partition coefficient (Wildman–Crippen LogP) is 4.89. The van der Waals surface area contributed by atoms with Crippen molar-refractivity contribution in [2.75, 3.05) is 20.4 Å². The van der Waals surface area contributed by atoms with E-state index in [-0.39, 0.29) is 5.78 Å². The van der Waals surface area contributed by atoms with Crippen LogP contribution in [0, 0.1) is 0 Å². The molecule has 0 aliphatic heterocycles. The highest BCUT2D eigenvalue weighted by Gasteiger charge is 2.38. The third-order valence-corrected chi connectivity index (χ3v) is 5.64. The van der Waals surface area contributed by atoms with Crippen molar-refractivity contribution in [2.45, 2.75) is 36.6 Å². The number of ketones is 1. The van der Waals surface area contributed by atoms with Crippen molar-refractivity contribution >= 4 is 17.5 Å². The number of hydrogen-bond donors (Lipinski definition) is 0. The Morgan fingerprint density at radius 1 is 1.08 bits per heavy atom. The molecule has 0 aliphatic carbocycles. The normalized spacial score (nSPS) is 15.1. The van der Waals surface area contributed by atoms with E-state index in [2.05, 4.69) is 45.0 Å². The smallest absolute Gasteiger partial charge is 0.174 e. The Balaban J connectivity index is 2.51. The van der Waals surface area contributed by atoms with Crippen LogP contribution in [-0.4, -0.2) is 37.1 Å². The van der Waals surface area contributed by atoms with Gasteiger partial charge in [0.2, 0.25) is 0 Å². The average molecular weight is 342 g/mol. The Bertz CT molecular complexity index is 683. The molecule has 0 radical (unpaired) electrons. The van der Waals surface area contributed by atoms with Crippen molar-refractivity contribution < 1.29 is 4.79 Å². The summed E-state index contributed by atoms with van der Waals surface area (Å²) < 4.78 is 0. The fourth-order valence-corrected chi connectivity index (χ4v) is 3.65. The third kappa shape index (κ3) is 3.90. The first-order chi connectivity index (χ1) is 11.4. The van der Waals surface area contributed by atoms with Gasteiger partial charge in [-0.15, -0.1) is 11.8 Å². The molecular formula is C21H27NOS. The Kier molecular flexibility index (Phi) is 6.25. The maximum Gasteiger partial charge on any atom is 0.174 e. The molecule has 2 aromatic carbocycles. The lowest BCUT2D eigenvalue weighted by Crippen LogP contribution is -2.40. The van der Waals surface area contributed by atoms with E-state index in [0.717, 1.165) is 22.4 Å². The maximum absolute atomic E-state index is 13.6. The van der Waals surface area contributed by atoms with E-state index < -0.39 is 5.41 Å². The van der Waals surface area contributed by atoms with Crippen molar-refractivity contribution in [3.8, 4) is 0 Å². The summed E-state index contributed by atoms with van der Waals surface area (Å²) in [5.74, 6) is 0.201. The van der Waals surface area contributed by atoms with Gasteiger partial charge in [0.05, 0.1) is 5.41 Å². The van der Waals surface area contributed by atoms with E-state index in [4.69, 9.17) is 0 Å². The van der Waals surface area contributed by atoms with E-state index in [1.807, 2.05) is 48.7 Å². The van der Waals surface area contributed by atoms with E-state index in [9.17, 15) is 4.79 Å². The summed E-state index contributed by atoms with van der Waals surface area (Å²) in [4.78, 5) is 16.8. The minimum absolute atomic E-state index is 0.201. The van der Waals surface area contributed by atoms with Crippen LogP contribution in [0.25, 0.3) is 0 Å². The first kappa shape index (κ1) is 18.8. The lowest BCUT2D eigenvalue weighted by molar-refractivity contribution is 0.0859. The molecule has 0 aliphatic rings. The van der Waals surface area contributed by atoms with E-state index in [0.29, 0.717) is 6.04 Å². The van der Waals surface area contributed by atoms with Crippen LogP contribution in [0.1, 0.15) is 36.2 Å². The van der Waals surface area contributed by atoms with Crippen LogP contribution >= 0.6 is 11.8 Å². The van der Waals surface area contributed by atoms with Crippen molar-refractivity contribution in [1.29, 1.82) is 0 Å². The number of carbonyl (C=O) groups is 1. The summed E-state index contributed by atoms with van der Waals surface area (Å²) in [5, 5.41) is 0. The van der Waals surface area contributed by atoms with E-state index >= 15 is 0 Å². The van der Waals surface area contributed by atoms with Crippen LogP contribution in [0.5, 0.6) is 0 Å². The second-order valence-corrected chi connectivity index (χ2v) is 7.59. The maximum atomic E-state index is 13.6. The number of hydrogen-bond acceptors (Lipinski definition) is 3. The number of carbonyl (C=O) groups excluding carboxylic acids is 1. The number of rotatable bonds is 7. The molecule has 0 spiro atoms. The highest BCUT2D eigenvalue weighted by atomic mass is 32.2. The highest BCUT2D eigenvalue weighted by Crippen LogP contribution is 2.36. The number of benzene rings is 2. The summed E-state index contributed by atoms with van der Waals surface area (Å²) in [6.45, 7) is 4.26. The summed E-state index contributed by atoms with van der Waals surface area (Å²) in [6, 6.07) is 18.4. The zero-order valence-electron chi connectivity index (χ0n) is 15.2. The molecule has 0 heterocycles. The zero-order valence-corrected chi connectivity index (χ0v) is 16.1. The van der Waals surface area contributed by atoms with E-state index in [1.165, 1.54) is 0 Å². The largest absolute Gasteiger partial charge is 0.307 e. The topological polar surface area (TPSA) is 20.3 Å². The zero-order chi connectivity index (χ0) is 17.7. The van der Waals surface area contributed by atoms with Gasteiger partial charge in [-0.25, -0.2) is 0 Å². The Morgan fingerprint density at radius 2 is 1.67 bits per heavy atom. The molecule has 0 aromatic heterocycles. The molecular weight excluding hydrogens is 314 g/mol. The summed E-state index contributed by atoms with van der Waals surface area (Å²) in [5.41, 5.74) is 1.36. The average Bonchev–Trinajstić information content (AvgIpc) is 2.61. The number of thioether (sulfide) groups is 1. The first-order valence-electron chi connectivity index (χ1n) is 8.30. The molecule has 0 saturated carbocycles. The fourth-order valence-electron chi connectivity index (χ4n) is 3.05. The van der Waals surface area contributed by atoms with Crippen LogP contribution in [0.3, 0.4) is 0 Å². The van der Waals surface area contributed by atoms with Crippen LogP contribution in [0.15, 0.2) is 59.5 Å². The van der Waals surface area contributed by atoms with Crippen molar-refractivity contribution in [2.24, 2.45) is 0 Å². The number of Topliss-reactive ketones (excluding diaryl/α,β-unsaturated/α-hetero) is 1. The van der Waals surface area contributed by atoms with Gasteiger partial charge in [0.15, 0.2) is 5.78 Å². The molecule has 128 valence electrons. The van der Waals surface area contributed by atoms with Crippen LogP contribution < -0.4 is 0 Å². The lowest BCUT2D eigenvalue weighted by Gasteiger charge is -2.34. The molecule has 0 amide bonds. The van der Waals surface area contributed by atoms with Gasteiger partial charge >= 0.3 is 0 Å². The molecule has 3 heteroatoms. The quantitative estimate of drug-likeness (QED) is 0.528. The van der Waals surface area contributed by atoms with Crippen LogP contribution in [-0.2, 0) is 5.41 Å². The minimum Gasteiger partial charge on any atom is -0.307 e. The molecule has 24 heavy (non-hydrogen) atoms. The van der Waals surface area contributed by atoms with Crippen LogP contribution in [0.4, 0.5) is 0 Å². The third-order valence-electron chi connectivity index (χ3n) is 4.85. The Hall–Kier alpha value is -1.58. The van der Waals surface area contributed by atoms with Gasteiger partial charge in [-0.05, 0) is 52.2 Å². The fraction of sp³-hybridized carbons (Fsp3) is 0.381. The molecule has 0 saturated heterocycles. The molecule has 0 unspecified atom stereocenters. The second kappa shape index (κ2) is 8.00. The van der Waals surface area contributed by atoms with Gasteiger partial charge in [-0.2, -0.15) is 0 Å². The summed E-state index contributed by atoms with van der Waals surface area (Å²) in [7, 11) is 4.13. The van der Waals surface area contributed by atoms with E-state index in [1.54, 1.807) is 11.8 Å². The SMILES string of the molecule is CSc1ccccc1C(=O)[C@@](C)(C[C@H](C)N(C)C)c1ccccc1. The molecule has 2 atom stereocenters. The predicted molar refractivity (Wildman–Crippen MR) is 104 cm³/mol. The molecule has 2 rings (SSSR count). The van der Waals surface area contributed by atoms with Gasteiger partial charge in [0.1, 0.15) is 0 Å². The van der Waals surface area contributed by atoms with Gasteiger partial charge in [-0.1, -0.05) is 48.5 Å². The van der Waals surface area contributed by atoms with Gasteiger partial charge in [0.25, 0.3) is 0 Å². The van der Waals surface area contributed by atoms with Gasteiger partial charge < -0.3 is 4.90 Å². The molecule has 2 nitrogen and oxygen atoms in total. The first-order valence-corrected chi connectivity index (χ1v) is 9.52. The van der Waals surface area contributed by atoms with Gasteiger partial charge in [-0.3, -0.25) is 4.79 Å². The van der Waals surface area contributed by atoms with Crippen molar-refractivity contribution in [3.05, 3.63) is 65.7 Å². The molecule has 2 aromatic rings. The molecule has 0 N–H and O–H groups in total. The Labute approximate surface area is 150 Å². The standard InChI is InChI=1S/C21H27NOS/c1-16(22(3)4)15-21(2,17-11-7-6-8-12-17)20(23)18-13-9-10-14-19(18)24-5/h6-14,16H,15H2,1-5H3/t16-,21-/m0/s1. The monoisotopic (exact) mass is 341 g/mol. The van der Waals surface area contributed by atoms with Crippen molar-refractivity contribution in [3.63, 3.8) is 0 Å². The summed E-state index contributed by atoms with van der Waals surface area (Å²) >= 11 is 1.63. The highest BCUT2D eigenvalue weighted by molar-refractivity contribution is 7.98. The lowest BCUT2D eigenvalue weighted by atomic mass is 9.72. The Morgan fingerprint density at radius 3 is 2.25 bits per heavy atom. The number of nitrogens with zero attached hydrogens (tertiary/aromatic N) is 1. The molecule has 0 fully saturated rings. The van der Waals surface area contributed by atoms with Crippen LogP contribution in [0.2, 0.25) is 0 Å². The van der Waals surface area contributed by atoms with Gasteiger partial charge in [0, 0.05) is 16.5 Å². The molecule has 0 bridgehead atoms.